The SMILES string of the molecule is C=CC(=O)Nc1ccc2c(c1)c(=O)[nH]c1c(C=O)c(-c3ccc(Oc4ccccc4)cc3)nn12. The maximum Gasteiger partial charge on any atom is 0.259 e. The number of benzene rings is 3. The Hall–Kier alpha value is -4.98. The molecular weight excluding hydrogens is 432 g/mol. The number of rotatable bonds is 6. The Balaban J connectivity index is 1.58. The first kappa shape index (κ1) is 20.9. The van der Waals surface area contributed by atoms with Crippen LogP contribution in [0.3, 0.4) is 0 Å². The summed E-state index contributed by atoms with van der Waals surface area (Å²) in [6, 6.07) is 21.4. The van der Waals surface area contributed by atoms with Gasteiger partial charge in [0.25, 0.3) is 5.56 Å². The van der Waals surface area contributed by atoms with Crippen molar-refractivity contribution in [3.05, 3.63) is 101 Å². The zero-order valence-corrected chi connectivity index (χ0v) is 17.8. The molecule has 0 radical (unpaired) electrons. The molecule has 1 amide bonds. The van der Waals surface area contributed by atoms with Crippen LogP contribution in [0.25, 0.3) is 27.8 Å². The van der Waals surface area contributed by atoms with E-state index in [-0.39, 0.29) is 17.1 Å². The van der Waals surface area contributed by atoms with E-state index in [2.05, 4.69) is 22.0 Å². The maximum absolute atomic E-state index is 12.8. The van der Waals surface area contributed by atoms with E-state index >= 15 is 0 Å². The molecule has 0 atom stereocenters. The number of fused-ring (bicyclic) bond motifs is 3. The molecule has 0 fully saturated rings. The molecule has 5 rings (SSSR count). The number of amides is 1. The number of nitrogens with zero attached hydrogens (tertiary/aromatic N) is 2. The highest BCUT2D eigenvalue weighted by Gasteiger charge is 2.18. The number of carbonyl (C=O) groups is 2. The second-order valence-corrected chi connectivity index (χ2v) is 7.46. The van der Waals surface area contributed by atoms with E-state index in [0.29, 0.717) is 45.6 Å². The average Bonchev–Trinajstić information content (AvgIpc) is 3.23. The maximum atomic E-state index is 12.8. The van der Waals surface area contributed by atoms with E-state index in [1.54, 1.807) is 42.5 Å². The fourth-order valence-corrected chi connectivity index (χ4v) is 3.70. The van der Waals surface area contributed by atoms with Gasteiger partial charge in [0, 0.05) is 11.3 Å². The monoisotopic (exact) mass is 450 g/mol. The van der Waals surface area contributed by atoms with E-state index in [1.807, 2.05) is 30.3 Å². The Labute approximate surface area is 193 Å². The van der Waals surface area contributed by atoms with Crippen LogP contribution in [0.1, 0.15) is 10.4 Å². The first-order chi connectivity index (χ1) is 16.6. The number of aldehydes is 1. The quantitative estimate of drug-likeness (QED) is 0.291. The summed E-state index contributed by atoms with van der Waals surface area (Å²) in [5.41, 5.74) is 2.20. The summed E-state index contributed by atoms with van der Waals surface area (Å²) in [5, 5.41) is 7.55. The summed E-state index contributed by atoms with van der Waals surface area (Å²) >= 11 is 0. The molecule has 0 saturated carbocycles. The van der Waals surface area contributed by atoms with Crippen LogP contribution in [0.2, 0.25) is 0 Å². The Bertz CT molecular complexity index is 1620. The lowest BCUT2D eigenvalue weighted by molar-refractivity contribution is -0.111. The Kier molecular flexibility index (Phi) is 5.23. The number of H-pyrrole nitrogens is 1. The molecule has 0 aliphatic rings. The predicted octanol–water partition coefficient (Wildman–Crippen LogP) is 4.57. The molecule has 8 nitrogen and oxygen atoms in total. The lowest BCUT2D eigenvalue weighted by Crippen LogP contribution is -2.12. The van der Waals surface area contributed by atoms with Gasteiger partial charge in [-0.25, -0.2) is 4.52 Å². The fourth-order valence-electron chi connectivity index (χ4n) is 3.70. The first-order valence-electron chi connectivity index (χ1n) is 10.4. The van der Waals surface area contributed by atoms with Gasteiger partial charge >= 0.3 is 0 Å². The third-order valence-electron chi connectivity index (χ3n) is 5.30. The van der Waals surface area contributed by atoms with Gasteiger partial charge in [-0.1, -0.05) is 24.8 Å². The van der Waals surface area contributed by atoms with Crippen LogP contribution in [0.15, 0.2) is 90.2 Å². The van der Waals surface area contributed by atoms with Crippen molar-refractivity contribution in [1.82, 2.24) is 14.6 Å². The third kappa shape index (κ3) is 3.73. The molecule has 2 aromatic heterocycles. The number of hydrogen-bond acceptors (Lipinski definition) is 5. The molecule has 0 saturated heterocycles. The third-order valence-corrected chi connectivity index (χ3v) is 5.30. The van der Waals surface area contributed by atoms with Crippen LogP contribution in [0.5, 0.6) is 11.5 Å². The summed E-state index contributed by atoms with van der Waals surface area (Å²) in [4.78, 5) is 39.1. The van der Waals surface area contributed by atoms with E-state index in [4.69, 9.17) is 4.74 Å². The first-order valence-corrected chi connectivity index (χ1v) is 10.4. The molecule has 34 heavy (non-hydrogen) atoms. The van der Waals surface area contributed by atoms with Crippen molar-refractivity contribution < 1.29 is 14.3 Å². The van der Waals surface area contributed by atoms with Gasteiger partial charge in [0.05, 0.1) is 16.5 Å². The normalized spacial score (nSPS) is 10.8. The van der Waals surface area contributed by atoms with Crippen LogP contribution in [-0.4, -0.2) is 26.8 Å². The number of carbonyl (C=O) groups excluding carboxylic acids is 2. The van der Waals surface area contributed by atoms with E-state index in [9.17, 15) is 14.4 Å². The largest absolute Gasteiger partial charge is 0.457 e. The van der Waals surface area contributed by atoms with Crippen LogP contribution in [-0.2, 0) is 4.79 Å². The zero-order chi connectivity index (χ0) is 23.7. The van der Waals surface area contributed by atoms with Crippen molar-refractivity contribution >= 4 is 34.4 Å². The Morgan fingerprint density at radius 2 is 1.76 bits per heavy atom. The van der Waals surface area contributed by atoms with Gasteiger partial charge in [0.15, 0.2) is 6.29 Å². The highest BCUT2D eigenvalue weighted by molar-refractivity contribution is 6.01. The standard InChI is InChI=1S/C26H18N4O4/c1-2-23(32)27-17-10-13-22-20(14-17)26(33)28-25-21(15-31)24(29-30(22)25)16-8-11-19(12-9-16)34-18-6-4-3-5-7-18/h2-15H,1H2,(H,27,32)(H,28,33). The number of anilines is 1. The van der Waals surface area contributed by atoms with Crippen LogP contribution < -0.4 is 15.6 Å². The molecule has 8 heteroatoms. The van der Waals surface area contributed by atoms with Gasteiger partial charge in [0.2, 0.25) is 5.91 Å². The summed E-state index contributed by atoms with van der Waals surface area (Å²) in [6.45, 7) is 3.42. The predicted molar refractivity (Wildman–Crippen MR) is 129 cm³/mol. The number of ether oxygens (including phenoxy) is 1. The molecule has 2 N–H and O–H groups in total. The highest BCUT2D eigenvalue weighted by atomic mass is 16.5. The van der Waals surface area contributed by atoms with Crippen molar-refractivity contribution in [2.45, 2.75) is 0 Å². The van der Waals surface area contributed by atoms with Crippen molar-refractivity contribution in [3.8, 4) is 22.8 Å². The van der Waals surface area contributed by atoms with Crippen molar-refractivity contribution in [2.75, 3.05) is 5.32 Å². The molecule has 0 spiro atoms. The molecule has 0 unspecified atom stereocenters. The smallest absolute Gasteiger partial charge is 0.259 e. The molecule has 0 bridgehead atoms. The van der Waals surface area contributed by atoms with Gasteiger partial charge in [-0.05, 0) is 60.7 Å². The van der Waals surface area contributed by atoms with Gasteiger partial charge in [-0.15, -0.1) is 0 Å². The minimum atomic E-state index is -0.404. The number of aromatic nitrogens is 3. The molecular formula is C26H18N4O4. The molecule has 3 aromatic carbocycles. The fraction of sp³-hybridized carbons (Fsp3) is 0. The Morgan fingerprint density at radius 1 is 1.03 bits per heavy atom. The van der Waals surface area contributed by atoms with Gasteiger partial charge in [-0.2, -0.15) is 5.10 Å². The topological polar surface area (TPSA) is 106 Å². The van der Waals surface area contributed by atoms with Gasteiger partial charge in [-0.3, -0.25) is 14.4 Å². The van der Waals surface area contributed by atoms with E-state index < -0.39 is 5.56 Å². The van der Waals surface area contributed by atoms with Crippen molar-refractivity contribution in [1.29, 1.82) is 0 Å². The molecule has 0 aliphatic heterocycles. The second kappa shape index (κ2) is 8.51. The zero-order valence-electron chi connectivity index (χ0n) is 17.8. The Morgan fingerprint density at radius 3 is 2.47 bits per heavy atom. The van der Waals surface area contributed by atoms with E-state index in [1.165, 1.54) is 4.52 Å². The van der Waals surface area contributed by atoms with Crippen LogP contribution in [0, 0.1) is 0 Å². The van der Waals surface area contributed by atoms with Gasteiger partial charge < -0.3 is 15.0 Å². The van der Waals surface area contributed by atoms with Gasteiger partial charge in [0.1, 0.15) is 22.8 Å². The molecule has 166 valence electrons. The summed E-state index contributed by atoms with van der Waals surface area (Å²) < 4.78 is 7.34. The lowest BCUT2D eigenvalue weighted by Gasteiger charge is -2.06. The molecule has 2 heterocycles. The second-order valence-electron chi connectivity index (χ2n) is 7.46. The van der Waals surface area contributed by atoms with Crippen LogP contribution in [0.4, 0.5) is 5.69 Å². The van der Waals surface area contributed by atoms with Crippen molar-refractivity contribution in [2.24, 2.45) is 0 Å². The number of aromatic amines is 1. The number of hydrogen-bond donors (Lipinski definition) is 2. The lowest BCUT2D eigenvalue weighted by atomic mass is 10.1. The van der Waals surface area contributed by atoms with Crippen LogP contribution >= 0.6 is 0 Å². The number of nitrogens with one attached hydrogen (secondary N) is 2. The molecule has 0 aliphatic carbocycles. The molecule has 5 aromatic rings. The highest BCUT2D eigenvalue weighted by Crippen LogP contribution is 2.29. The number of para-hydroxylation sites is 1. The van der Waals surface area contributed by atoms with Crippen molar-refractivity contribution in [3.63, 3.8) is 0 Å². The van der Waals surface area contributed by atoms with E-state index in [0.717, 1.165) is 6.08 Å². The summed E-state index contributed by atoms with van der Waals surface area (Å²) in [7, 11) is 0. The average molecular weight is 450 g/mol. The minimum absolute atomic E-state index is 0.264. The summed E-state index contributed by atoms with van der Waals surface area (Å²) in [6.07, 6.45) is 1.82. The minimum Gasteiger partial charge on any atom is -0.457 e. The summed E-state index contributed by atoms with van der Waals surface area (Å²) in [5.74, 6) is 0.963.